The molecule has 6 heteroatoms. The van der Waals surface area contributed by atoms with Crippen LogP contribution < -0.4 is 4.74 Å². The first-order valence-corrected chi connectivity index (χ1v) is 11.7. The number of aromatic nitrogens is 1. The van der Waals surface area contributed by atoms with Gasteiger partial charge in [-0.15, -0.1) is 22.7 Å². The number of carbonyl (C=O) groups is 1. The lowest BCUT2D eigenvalue weighted by Crippen LogP contribution is -2.33. The third-order valence-electron chi connectivity index (χ3n) is 4.66. The van der Waals surface area contributed by atoms with Gasteiger partial charge in [-0.1, -0.05) is 56.3 Å². The molecule has 0 fully saturated rings. The highest BCUT2D eigenvalue weighted by atomic mass is 32.1. The molecule has 0 atom stereocenters. The van der Waals surface area contributed by atoms with E-state index in [2.05, 4.69) is 32.0 Å². The molecule has 1 amide bonds. The molecule has 0 saturated heterocycles. The van der Waals surface area contributed by atoms with Crippen molar-refractivity contribution in [2.45, 2.75) is 27.0 Å². The van der Waals surface area contributed by atoms with Crippen LogP contribution in [0.5, 0.6) is 5.75 Å². The number of rotatable bonds is 8. The third-order valence-corrected chi connectivity index (χ3v) is 6.39. The molecule has 0 saturated carbocycles. The molecule has 4 nitrogen and oxygen atoms in total. The van der Waals surface area contributed by atoms with E-state index in [9.17, 15) is 4.79 Å². The number of thiophene rings is 1. The van der Waals surface area contributed by atoms with Crippen LogP contribution in [-0.2, 0) is 13.2 Å². The summed E-state index contributed by atoms with van der Waals surface area (Å²) in [5, 5.41) is 7.13. The lowest BCUT2D eigenvalue weighted by molar-refractivity contribution is 0.0725. The zero-order valence-corrected chi connectivity index (χ0v) is 18.7. The van der Waals surface area contributed by atoms with Gasteiger partial charge in [0.15, 0.2) is 0 Å². The smallest absolute Gasteiger partial charge is 0.264 e. The minimum absolute atomic E-state index is 0.0697. The molecule has 30 heavy (non-hydrogen) atoms. The second-order valence-electron chi connectivity index (χ2n) is 7.56. The summed E-state index contributed by atoms with van der Waals surface area (Å²) in [5.74, 6) is 1.32. The van der Waals surface area contributed by atoms with Crippen molar-refractivity contribution in [3.8, 4) is 5.75 Å². The third kappa shape index (κ3) is 4.89. The van der Waals surface area contributed by atoms with E-state index >= 15 is 0 Å². The van der Waals surface area contributed by atoms with Gasteiger partial charge < -0.3 is 9.64 Å². The van der Waals surface area contributed by atoms with Gasteiger partial charge in [-0.05, 0) is 28.8 Å². The fourth-order valence-electron chi connectivity index (χ4n) is 3.36. The minimum atomic E-state index is 0.0697. The molecular formula is C24H24N2O2S2. The van der Waals surface area contributed by atoms with Crippen molar-refractivity contribution in [2.75, 3.05) is 6.54 Å². The van der Waals surface area contributed by atoms with Crippen LogP contribution in [0.3, 0.4) is 0 Å². The number of hydrogen-bond acceptors (Lipinski definition) is 5. The van der Waals surface area contributed by atoms with Crippen molar-refractivity contribution >= 4 is 39.4 Å². The number of carbonyl (C=O) groups excluding carboxylic acids is 1. The minimum Gasteiger partial charge on any atom is -0.486 e. The van der Waals surface area contributed by atoms with Crippen LogP contribution in [0.1, 0.15) is 34.2 Å². The molecule has 0 radical (unpaired) electrons. The summed E-state index contributed by atoms with van der Waals surface area (Å²) >= 11 is 3.05. The van der Waals surface area contributed by atoms with E-state index in [1.165, 1.54) is 11.3 Å². The first kappa shape index (κ1) is 20.6. The summed E-state index contributed by atoms with van der Waals surface area (Å²) in [6, 6.07) is 18.1. The molecule has 4 rings (SSSR count). The molecule has 4 aromatic rings. The van der Waals surface area contributed by atoms with E-state index in [0.29, 0.717) is 25.6 Å². The van der Waals surface area contributed by atoms with E-state index in [0.717, 1.165) is 32.1 Å². The highest BCUT2D eigenvalue weighted by Crippen LogP contribution is 2.26. The van der Waals surface area contributed by atoms with Crippen LogP contribution in [0.25, 0.3) is 10.8 Å². The maximum atomic E-state index is 12.9. The van der Waals surface area contributed by atoms with Gasteiger partial charge >= 0.3 is 0 Å². The van der Waals surface area contributed by atoms with E-state index in [1.54, 1.807) is 11.3 Å². The molecule has 0 N–H and O–H groups in total. The van der Waals surface area contributed by atoms with Gasteiger partial charge in [-0.3, -0.25) is 4.79 Å². The van der Waals surface area contributed by atoms with Crippen molar-refractivity contribution in [2.24, 2.45) is 5.92 Å². The van der Waals surface area contributed by atoms with E-state index in [4.69, 9.17) is 9.72 Å². The van der Waals surface area contributed by atoms with Crippen molar-refractivity contribution in [3.05, 3.63) is 80.9 Å². The van der Waals surface area contributed by atoms with E-state index < -0.39 is 0 Å². The predicted molar refractivity (Wildman–Crippen MR) is 124 cm³/mol. The Hall–Kier alpha value is -2.70. The molecule has 0 unspecified atom stereocenters. The number of thiazole rings is 1. The topological polar surface area (TPSA) is 42.4 Å². The SMILES string of the molecule is CC(C)CN(Cc1csc(COc2cccc3ccccc23)n1)C(=O)c1cccs1. The first-order chi connectivity index (χ1) is 14.6. The van der Waals surface area contributed by atoms with Gasteiger partial charge in [0.1, 0.15) is 17.4 Å². The zero-order valence-electron chi connectivity index (χ0n) is 17.1. The monoisotopic (exact) mass is 436 g/mol. The fourth-order valence-corrected chi connectivity index (χ4v) is 4.75. The Morgan fingerprint density at radius 1 is 1.07 bits per heavy atom. The summed E-state index contributed by atoms with van der Waals surface area (Å²) in [4.78, 5) is 20.3. The number of benzene rings is 2. The normalized spacial score (nSPS) is 11.2. The van der Waals surface area contributed by atoms with Crippen molar-refractivity contribution in [1.29, 1.82) is 0 Å². The number of nitrogens with zero attached hydrogens (tertiary/aromatic N) is 2. The summed E-state index contributed by atoms with van der Waals surface area (Å²) in [5.41, 5.74) is 0.905. The van der Waals surface area contributed by atoms with Crippen LogP contribution >= 0.6 is 22.7 Å². The fraction of sp³-hybridized carbons (Fsp3) is 0.250. The van der Waals surface area contributed by atoms with Crippen molar-refractivity contribution in [1.82, 2.24) is 9.88 Å². The average molecular weight is 437 g/mol. The number of amides is 1. The lowest BCUT2D eigenvalue weighted by Gasteiger charge is -2.23. The molecule has 0 bridgehead atoms. The van der Waals surface area contributed by atoms with Gasteiger partial charge in [-0.25, -0.2) is 4.98 Å². The Morgan fingerprint density at radius 3 is 2.70 bits per heavy atom. The van der Waals surface area contributed by atoms with Gasteiger partial charge in [0, 0.05) is 17.3 Å². The Labute approximate surface area is 184 Å². The van der Waals surface area contributed by atoms with E-state index in [1.807, 2.05) is 52.1 Å². The van der Waals surface area contributed by atoms with E-state index in [-0.39, 0.29) is 5.91 Å². The Bertz CT molecular complexity index is 1110. The lowest BCUT2D eigenvalue weighted by atomic mass is 10.1. The molecule has 2 aromatic heterocycles. The summed E-state index contributed by atoms with van der Waals surface area (Å²) in [6.45, 7) is 5.88. The largest absolute Gasteiger partial charge is 0.486 e. The highest BCUT2D eigenvalue weighted by molar-refractivity contribution is 7.12. The second-order valence-corrected chi connectivity index (χ2v) is 9.45. The van der Waals surface area contributed by atoms with Crippen LogP contribution in [0.4, 0.5) is 0 Å². The predicted octanol–water partition coefficient (Wildman–Crippen LogP) is 6.24. The van der Waals surface area contributed by atoms with Crippen molar-refractivity contribution < 1.29 is 9.53 Å². The standard InChI is InChI=1S/C24H24N2O2S2/c1-17(2)13-26(24(27)22-11-6-12-29-22)14-19-16-30-23(25-19)15-28-21-10-5-8-18-7-3-4-9-20(18)21/h3-12,16-17H,13-15H2,1-2H3. The van der Waals surface area contributed by atoms with Gasteiger partial charge in [0.05, 0.1) is 17.1 Å². The molecule has 154 valence electrons. The Morgan fingerprint density at radius 2 is 1.90 bits per heavy atom. The average Bonchev–Trinajstić information content (AvgIpc) is 3.43. The Kier molecular flexibility index (Phi) is 6.45. The summed E-state index contributed by atoms with van der Waals surface area (Å²) in [6.07, 6.45) is 0. The number of fused-ring (bicyclic) bond motifs is 1. The van der Waals surface area contributed by atoms with Gasteiger partial charge in [-0.2, -0.15) is 0 Å². The van der Waals surface area contributed by atoms with Crippen molar-refractivity contribution in [3.63, 3.8) is 0 Å². The quantitative estimate of drug-likeness (QED) is 0.328. The zero-order chi connectivity index (χ0) is 20.9. The maximum absolute atomic E-state index is 12.9. The molecule has 0 aliphatic rings. The summed E-state index contributed by atoms with van der Waals surface area (Å²) in [7, 11) is 0. The molecule has 0 spiro atoms. The first-order valence-electron chi connectivity index (χ1n) is 9.97. The molecule has 2 heterocycles. The van der Waals surface area contributed by atoms with Crippen LogP contribution in [0.15, 0.2) is 65.4 Å². The molecule has 2 aromatic carbocycles. The molecule has 0 aliphatic carbocycles. The molecular weight excluding hydrogens is 412 g/mol. The molecule has 0 aliphatic heterocycles. The van der Waals surface area contributed by atoms with Gasteiger partial charge in [0.25, 0.3) is 5.91 Å². The maximum Gasteiger partial charge on any atom is 0.264 e. The number of ether oxygens (including phenoxy) is 1. The second kappa shape index (κ2) is 9.41. The summed E-state index contributed by atoms with van der Waals surface area (Å²) < 4.78 is 6.06. The Balaban J connectivity index is 1.44. The number of hydrogen-bond donors (Lipinski definition) is 0. The van der Waals surface area contributed by atoms with Crippen LogP contribution in [0.2, 0.25) is 0 Å². The highest BCUT2D eigenvalue weighted by Gasteiger charge is 2.19. The van der Waals surface area contributed by atoms with Crippen LogP contribution in [0, 0.1) is 5.92 Å². The van der Waals surface area contributed by atoms with Crippen LogP contribution in [-0.4, -0.2) is 22.3 Å². The van der Waals surface area contributed by atoms with Gasteiger partial charge in [0.2, 0.25) is 0 Å².